The lowest BCUT2D eigenvalue weighted by atomic mass is 9.47. The summed E-state index contributed by atoms with van der Waals surface area (Å²) in [7, 11) is 0. The molecule has 2 fully saturated rings. The zero-order valence-electron chi connectivity index (χ0n) is 20.4. The Kier molecular flexibility index (Phi) is 6.13. The van der Waals surface area contributed by atoms with Crippen molar-refractivity contribution in [1.82, 2.24) is 10.3 Å². The highest BCUT2D eigenvalue weighted by atomic mass is 16.5. The molecular formula is C28H37N3O3. The summed E-state index contributed by atoms with van der Waals surface area (Å²) in [4.78, 5) is 27.9. The second-order valence-electron chi connectivity index (χ2n) is 11.1. The second kappa shape index (κ2) is 8.95. The van der Waals surface area contributed by atoms with E-state index in [-0.39, 0.29) is 41.9 Å². The third-order valence-corrected chi connectivity index (χ3v) is 9.53. The number of allylic oxidation sites excluding steroid dienone is 3. The molecule has 0 saturated heterocycles. The largest absolute Gasteiger partial charge is 0.461 e. The number of hydrogen-bond acceptors (Lipinski definition) is 5. The van der Waals surface area contributed by atoms with Gasteiger partial charge in [0, 0.05) is 18.8 Å². The number of amides is 1. The van der Waals surface area contributed by atoms with E-state index in [1.807, 2.05) is 18.5 Å². The van der Waals surface area contributed by atoms with Crippen LogP contribution in [0.15, 0.2) is 42.3 Å². The molecule has 6 unspecified atom stereocenters. The minimum atomic E-state index is -0.377. The van der Waals surface area contributed by atoms with E-state index < -0.39 is 0 Å². The number of carbonyl (C=O) groups is 2. The van der Waals surface area contributed by atoms with Gasteiger partial charge in [0.2, 0.25) is 5.91 Å². The minimum Gasteiger partial charge on any atom is -0.461 e. The predicted molar refractivity (Wildman–Crippen MR) is 131 cm³/mol. The van der Waals surface area contributed by atoms with Crippen LogP contribution < -0.4 is 11.1 Å². The van der Waals surface area contributed by atoms with Crippen molar-refractivity contribution in [2.24, 2.45) is 34.3 Å². The van der Waals surface area contributed by atoms with Gasteiger partial charge in [0.15, 0.2) is 0 Å². The number of ether oxygens (including phenoxy) is 1. The summed E-state index contributed by atoms with van der Waals surface area (Å²) in [5.74, 6) is 1.35. The average Bonchev–Trinajstić information content (AvgIpc) is 3.20. The summed E-state index contributed by atoms with van der Waals surface area (Å²) >= 11 is 0. The van der Waals surface area contributed by atoms with Gasteiger partial charge in [0.25, 0.3) is 0 Å². The Bertz CT molecular complexity index is 1020. The number of nitrogens with zero attached hydrogens (tertiary/aromatic N) is 1. The SMILES string of the molecule is CC12CCC(OC(=O)CNC(=O)CN)CC1=CCC1C2CCC2(C)C(c3cccnc3)=CCC12. The van der Waals surface area contributed by atoms with E-state index in [0.717, 1.165) is 32.1 Å². The smallest absolute Gasteiger partial charge is 0.325 e. The summed E-state index contributed by atoms with van der Waals surface area (Å²) < 4.78 is 5.72. The molecule has 3 N–H and O–H groups in total. The predicted octanol–water partition coefficient (Wildman–Crippen LogP) is 4.02. The zero-order chi connectivity index (χ0) is 23.9. The molecule has 182 valence electrons. The Morgan fingerprint density at radius 1 is 1.15 bits per heavy atom. The first-order chi connectivity index (χ1) is 16.3. The van der Waals surface area contributed by atoms with Gasteiger partial charge >= 0.3 is 5.97 Å². The van der Waals surface area contributed by atoms with Crippen molar-refractivity contribution in [3.05, 3.63) is 47.8 Å². The Morgan fingerprint density at radius 2 is 1.97 bits per heavy atom. The lowest BCUT2D eigenvalue weighted by Crippen LogP contribution is -2.50. The number of carbonyl (C=O) groups excluding carboxylic acids is 2. The maximum atomic E-state index is 12.2. The Labute approximate surface area is 202 Å². The first kappa shape index (κ1) is 23.3. The summed E-state index contributed by atoms with van der Waals surface area (Å²) in [6.07, 6.45) is 16.3. The van der Waals surface area contributed by atoms with Crippen LogP contribution in [0.4, 0.5) is 0 Å². The molecule has 1 heterocycles. The number of fused-ring (bicyclic) bond motifs is 5. The van der Waals surface area contributed by atoms with Crippen LogP contribution in [0.2, 0.25) is 0 Å². The highest BCUT2D eigenvalue weighted by Gasteiger charge is 2.57. The number of rotatable bonds is 5. The van der Waals surface area contributed by atoms with E-state index in [4.69, 9.17) is 10.5 Å². The number of pyridine rings is 1. The topological polar surface area (TPSA) is 94.3 Å². The van der Waals surface area contributed by atoms with E-state index in [0.29, 0.717) is 17.8 Å². The minimum absolute atomic E-state index is 0.0997. The number of hydrogen-bond donors (Lipinski definition) is 2. The van der Waals surface area contributed by atoms with E-state index in [1.54, 1.807) is 0 Å². The van der Waals surface area contributed by atoms with Gasteiger partial charge in [-0.2, -0.15) is 0 Å². The van der Waals surface area contributed by atoms with Crippen molar-refractivity contribution >= 4 is 17.4 Å². The molecule has 0 radical (unpaired) electrons. The molecule has 6 nitrogen and oxygen atoms in total. The van der Waals surface area contributed by atoms with E-state index >= 15 is 0 Å². The van der Waals surface area contributed by atoms with Crippen LogP contribution in [-0.2, 0) is 14.3 Å². The number of esters is 1. The number of nitrogens with one attached hydrogen (secondary N) is 1. The summed E-state index contributed by atoms with van der Waals surface area (Å²) in [6, 6.07) is 4.26. The highest BCUT2D eigenvalue weighted by Crippen LogP contribution is 2.66. The quantitative estimate of drug-likeness (QED) is 0.508. The molecule has 34 heavy (non-hydrogen) atoms. The van der Waals surface area contributed by atoms with Gasteiger partial charge < -0.3 is 15.8 Å². The van der Waals surface area contributed by atoms with Crippen LogP contribution in [0.3, 0.4) is 0 Å². The molecule has 1 amide bonds. The average molecular weight is 464 g/mol. The number of nitrogens with two attached hydrogens (primary N) is 1. The van der Waals surface area contributed by atoms with Crippen LogP contribution in [0.25, 0.3) is 5.57 Å². The van der Waals surface area contributed by atoms with Crippen molar-refractivity contribution in [2.45, 2.75) is 64.9 Å². The highest BCUT2D eigenvalue weighted by molar-refractivity contribution is 5.83. The molecule has 4 aliphatic rings. The van der Waals surface area contributed by atoms with Gasteiger partial charge in [-0.15, -0.1) is 0 Å². The van der Waals surface area contributed by atoms with Crippen molar-refractivity contribution in [3.8, 4) is 0 Å². The summed E-state index contributed by atoms with van der Waals surface area (Å²) in [5.41, 5.74) is 9.97. The molecule has 6 heteroatoms. The molecule has 2 saturated carbocycles. The van der Waals surface area contributed by atoms with Gasteiger partial charge in [-0.3, -0.25) is 14.6 Å². The maximum Gasteiger partial charge on any atom is 0.325 e. The normalized spacial score (nSPS) is 36.3. The lowest BCUT2D eigenvalue weighted by Gasteiger charge is -2.57. The molecule has 4 aliphatic carbocycles. The summed E-state index contributed by atoms with van der Waals surface area (Å²) in [6.45, 7) is 4.72. The fourth-order valence-corrected chi connectivity index (χ4v) is 7.74. The zero-order valence-corrected chi connectivity index (χ0v) is 20.4. The van der Waals surface area contributed by atoms with Gasteiger partial charge in [-0.05, 0) is 84.3 Å². The monoisotopic (exact) mass is 463 g/mol. The second-order valence-corrected chi connectivity index (χ2v) is 11.1. The fourth-order valence-electron chi connectivity index (χ4n) is 7.74. The van der Waals surface area contributed by atoms with Crippen LogP contribution in [0.1, 0.15) is 64.4 Å². The van der Waals surface area contributed by atoms with E-state index in [1.165, 1.54) is 29.6 Å². The van der Waals surface area contributed by atoms with Gasteiger partial charge in [-0.1, -0.05) is 37.6 Å². The molecule has 1 aromatic heterocycles. The lowest BCUT2D eigenvalue weighted by molar-refractivity contribution is -0.151. The summed E-state index contributed by atoms with van der Waals surface area (Å²) in [5, 5.41) is 2.50. The fraction of sp³-hybridized carbons (Fsp3) is 0.607. The van der Waals surface area contributed by atoms with Gasteiger partial charge in [-0.25, -0.2) is 0 Å². The van der Waals surface area contributed by atoms with Crippen molar-refractivity contribution < 1.29 is 14.3 Å². The molecule has 0 aliphatic heterocycles. The van der Waals surface area contributed by atoms with Gasteiger partial charge in [0.1, 0.15) is 12.6 Å². The van der Waals surface area contributed by atoms with E-state index in [9.17, 15) is 9.59 Å². The first-order valence-corrected chi connectivity index (χ1v) is 12.8. The van der Waals surface area contributed by atoms with Crippen LogP contribution in [0.5, 0.6) is 0 Å². The van der Waals surface area contributed by atoms with E-state index in [2.05, 4.69) is 42.4 Å². The van der Waals surface area contributed by atoms with Gasteiger partial charge in [0.05, 0.1) is 6.54 Å². The molecule has 0 aromatic carbocycles. The Balaban J connectivity index is 1.28. The van der Waals surface area contributed by atoms with Crippen molar-refractivity contribution in [3.63, 3.8) is 0 Å². The molecule has 0 spiro atoms. The molecule has 0 bridgehead atoms. The third kappa shape index (κ3) is 3.90. The van der Waals surface area contributed by atoms with Crippen LogP contribution in [0, 0.1) is 28.6 Å². The Morgan fingerprint density at radius 3 is 2.74 bits per heavy atom. The standard InChI is InChI=1S/C28H37N3O3/c1-27-11-9-20(34-26(33)17-31-25(32)15-29)14-19(27)5-6-21-23-8-7-22(18-4-3-13-30-16-18)28(23,2)12-10-24(21)27/h3-5,7,13,16,20-21,23-24H,6,8-12,14-15,17,29H2,1-2H3,(H,31,32). The van der Waals surface area contributed by atoms with Crippen LogP contribution in [-0.4, -0.2) is 36.1 Å². The van der Waals surface area contributed by atoms with Crippen molar-refractivity contribution in [2.75, 3.05) is 13.1 Å². The molecule has 5 rings (SSSR count). The van der Waals surface area contributed by atoms with Crippen molar-refractivity contribution in [1.29, 1.82) is 0 Å². The number of aromatic nitrogens is 1. The third-order valence-electron chi connectivity index (χ3n) is 9.53. The first-order valence-electron chi connectivity index (χ1n) is 12.8. The Hall–Kier alpha value is -2.47. The molecular weight excluding hydrogens is 426 g/mol. The maximum absolute atomic E-state index is 12.2. The molecule has 6 atom stereocenters. The van der Waals surface area contributed by atoms with Crippen LogP contribution >= 0.6 is 0 Å². The molecule has 1 aromatic rings.